The Morgan fingerprint density at radius 3 is 2.57 bits per heavy atom. The summed E-state index contributed by atoms with van der Waals surface area (Å²) < 4.78 is 15.9. The molecule has 192 valence electrons. The van der Waals surface area contributed by atoms with Crippen molar-refractivity contribution < 1.29 is 14.0 Å². The van der Waals surface area contributed by atoms with Gasteiger partial charge in [-0.15, -0.1) is 5.10 Å². The highest BCUT2D eigenvalue weighted by atomic mass is 19.1. The van der Waals surface area contributed by atoms with E-state index in [-0.39, 0.29) is 35.1 Å². The molecule has 1 N–H and O–H groups in total. The van der Waals surface area contributed by atoms with Crippen LogP contribution in [0.15, 0.2) is 36.8 Å². The second-order valence-electron chi connectivity index (χ2n) is 10.3. The van der Waals surface area contributed by atoms with Gasteiger partial charge in [0.15, 0.2) is 5.65 Å². The molecule has 5 rings (SSSR count). The Balaban J connectivity index is 1.46. The molecule has 2 amide bonds. The molecule has 0 saturated carbocycles. The van der Waals surface area contributed by atoms with Crippen LogP contribution in [0.25, 0.3) is 16.9 Å². The maximum absolute atomic E-state index is 14.3. The Morgan fingerprint density at radius 1 is 1.14 bits per heavy atom. The molecule has 0 radical (unpaired) electrons. The molecule has 11 heteroatoms. The molecule has 10 nitrogen and oxygen atoms in total. The number of nitrogens with zero attached hydrogens (tertiary/aromatic N) is 7. The highest BCUT2D eigenvalue weighted by molar-refractivity contribution is 5.94. The van der Waals surface area contributed by atoms with Gasteiger partial charge < -0.3 is 9.80 Å². The van der Waals surface area contributed by atoms with Gasteiger partial charge in [0, 0.05) is 30.8 Å². The van der Waals surface area contributed by atoms with Crippen LogP contribution in [0.4, 0.5) is 4.39 Å². The Kier molecular flexibility index (Phi) is 6.01. The number of hydrogen-bond donors (Lipinski definition) is 1. The van der Waals surface area contributed by atoms with Crippen LogP contribution in [0.2, 0.25) is 0 Å². The summed E-state index contributed by atoms with van der Waals surface area (Å²) in [6, 6.07) is 6.94. The van der Waals surface area contributed by atoms with E-state index < -0.39 is 5.54 Å². The molecule has 1 fully saturated rings. The summed E-state index contributed by atoms with van der Waals surface area (Å²) in [6.45, 7) is 10.7. The van der Waals surface area contributed by atoms with Gasteiger partial charge in [-0.1, -0.05) is 26.0 Å². The van der Waals surface area contributed by atoms with Gasteiger partial charge in [0.05, 0.1) is 17.4 Å². The second-order valence-corrected chi connectivity index (χ2v) is 10.3. The molecule has 1 aromatic carbocycles. The number of fused-ring (bicyclic) bond motifs is 1. The van der Waals surface area contributed by atoms with E-state index in [1.807, 2.05) is 39.8 Å². The fourth-order valence-electron chi connectivity index (χ4n) is 4.72. The zero-order chi connectivity index (χ0) is 26.5. The number of carbonyl (C=O) groups is 2. The van der Waals surface area contributed by atoms with Gasteiger partial charge in [0.1, 0.15) is 17.8 Å². The quantitative estimate of drug-likeness (QED) is 0.456. The van der Waals surface area contributed by atoms with Crippen LogP contribution in [0.5, 0.6) is 0 Å². The predicted octanol–water partition coefficient (Wildman–Crippen LogP) is 3.46. The van der Waals surface area contributed by atoms with Crippen molar-refractivity contribution in [1.82, 2.24) is 39.6 Å². The van der Waals surface area contributed by atoms with Crippen molar-refractivity contribution in [2.45, 2.75) is 46.1 Å². The second kappa shape index (κ2) is 9.06. The largest absolute Gasteiger partial charge is 0.332 e. The lowest BCUT2D eigenvalue weighted by molar-refractivity contribution is 0.0160. The third-order valence-electron chi connectivity index (χ3n) is 6.80. The number of hydrogen-bond acceptors (Lipinski definition) is 6. The molecule has 0 spiro atoms. The summed E-state index contributed by atoms with van der Waals surface area (Å²) in [6.07, 6.45) is 2.99. The van der Waals surface area contributed by atoms with E-state index in [1.54, 1.807) is 33.5 Å². The van der Waals surface area contributed by atoms with E-state index >= 15 is 0 Å². The van der Waals surface area contributed by atoms with Crippen LogP contribution in [0.3, 0.4) is 0 Å². The lowest BCUT2D eigenvalue weighted by atomic mass is 9.98. The van der Waals surface area contributed by atoms with Crippen LogP contribution in [0.1, 0.15) is 65.8 Å². The maximum atomic E-state index is 14.3. The molecular weight excluding hydrogens is 475 g/mol. The Labute approximate surface area is 213 Å². The zero-order valence-electron chi connectivity index (χ0n) is 21.5. The first-order valence-electron chi connectivity index (χ1n) is 12.2. The highest BCUT2D eigenvalue weighted by Crippen LogP contribution is 2.28. The number of halogens is 1. The van der Waals surface area contributed by atoms with Gasteiger partial charge in [0.2, 0.25) is 5.82 Å². The number of imidazole rings is 1. The maximum Gasteiger partial charge on any atom is 0.293 e. The third-order valence-corrected chi connectivity index (χ3v) is 6.80. The van der Waals surface area contributed by atoms with Crippen molar-refractivity contribution in [1.29, 1.82) is 0 Å². The van der Waals surface area contributed by atoms with E-state index in [4.69, 9.17) is 0 Å². The Morgan fingerprint density at radius 2 is 1.92 bits per heavy atom. The molecule has 0 bridgehead atoms. The fourth-order valence-corrected chi connectivity index (χ4v) is 4.72. The molecular formula is C26H29FN8O2. The van der Waals surface area contributed by atoms with Crippen molar-refractivity contribution in [3.05, 3.63) is 65.3 Å². The first-order valence-corrected chi connectivity index (χ1v) is 12.2. The molecule has 0 atom stereocenters. The monoisotopic (exact) mass is 504 g/mol. The van der Waals surface area contributed by atoms with Gasteiger partial charge in [-0.25, -0.2) is 18.9 Å². The number of rotatable bonds is 4. The minimum absolute atomic E-state index is 0.103. The van der Waals surface area contributed by atoms with Crippen LogP contribution in [-0.2, 0) is 0 Å². The number of H-pyrrole nitrogens is 1. The van der Waals surface area contributed by atoms with Gasteiger partial charge in [0.25, 0.3) is 11.8 Å². The van der Waals surface area contributed by atoms with Crippen LogP contribution in [0, 0.1) is 12.7 Å². The first kappa shape index (κ1) is 24.5. The van der Waals surface area contributed by atoms with Crippen molar-refractivity contribution >= 4 is 17.5 Å². The highest BCUT2D eigenvalue weighted by Gasteiger charge is 2.40. The lowest BCUT2D eigenvalue weighted by Crippen LogP contribution is -2.62. The van der Waals surface area contributed by atoms with E-state index in [0.29, 0.717) is 42.1 Å². The molecule has 0 aliphatic carbocycles. The molecule has 0 unspecified atom stereocenters. The molecule has 4 aromatic rings. The van der Waals surface area contributed by atoms with Crippen molar-refractivity contribution in [2.75, 3.05) is 19.6 Å². The van der Waals surface area contributed by atoms with Gasteiger partial charge in [-0.3, -0.25) is 14.7 Å². The van der Waals surface area contributed by atoms with Crippen molar-refractivity contribution in [3.8, 4) is 11.3 Å². The smallest absolute Gasteiger partial charge is 0.293 e. The zero-order valence-corrected chi connectivity index (χ0v) is 21.5. The minimum Gasteiger partial charge on any atom is -0.332 e. The minimum atomic E-state index is -0.643. The first-order chi connectivity index (χ1) is 17.5. The summed E-state index contributed by atoms with van der Waals surface area (Å²) in [4.78, 5) is 38.4. The SMILES string of the molecule is Cc1ccc(-c2cc(C(C)C)c3nc(C(=O)N4CCN(C(=O)c5nc[nH]n5)CC4(C)C)cn3n2)cc1F. The topological polar surface area (TPSA) is 112 Å². The molecule has 1 aliphatic heterocycles. The van der Waals surface area contributed by atoms with Crippen molar-refractivity contribution in [3.63, 3.8) is 0 Å². The fraction of sp³-hybridized carbons (Fsp3) is 0.385. The van der Waals surface area contributed by atoms with E-state index in [9.17, 15) is 14.0 Å². The normalized spacial score (nSPS) is 15.5. The number of aryl methyl sites for hydroxylation is 1. The van der Waals surface area contributed by atoms with Crippen LogP contribution < -0.4 is 0 Å². The summed E-state index contributed by atoms with van der Waals surface area (Å²) in [5.74, 6) is -0.605. The Hall–Kier alpha value is -4.15. The van der Waals surface area contributed by atoms with E-state index in [1.165, 1.54) is 12.4 Å². The molecule has 1 aliphatic rings. The molecule has 4 heterocycles. The molecule has 1 saturated heterocycles. The summed E-state index contributed by atoms with van der Waals surface area (Å²) in [7, 11) is 0. The average molecular weight is 505 g/mol. The van der Waals surface area contributed by atoms with Gasteiger partial charge in [-0.05, 0) is 44.4 Å². The van der Waals surface area contributed by atoms with Crippen LogP contribution >= 0.6 is 0 Å². The van der Waals surface area contributed by atoms with Crippen LogP contribution in [-0.4, -0.2) is 76.6 Å². The summed E-state index contributed by atoms with van der Waals surface area (Å²) in [5, 5.41) is 11.1. The van der Waals surface area contributed by atoms with Gasteiger partial charge in [-0.2, -0.15) is 5.10 Å². The van der Waals surface area contributed by atoms with Crippen molar-refractivity contribution in [2.24, 2.45) is 0 Å². The number of benzene rings is 1. The summed E-state index contributed by atoms with van der Waals surface area (Å²) >= 11 is 0. The standard InChI is InChI=1S/C26H29FN8O2/c1-15(2)18-11-20(17-7-6-16(3)19(27)10-17)32-35-12-21(30-23(18)35)24(36)34-9-8-33(13-26(34,4)5)25(37)22-28-14-29-31-22/h6-7,10-12,14-15H,8-9,13H2,1-5H3,(H,28,29,31). The van der Waals surface area contributed by atoms with E-state index in [2.05, 4.69) is 25.3 Å². The number of carbonyl (C=O) groups excluding carboxylic acids is 2. The third kappa shape index (κ3) is 4.45. The van der Waals surface area contributed by atoms with E-state index in [0.717, 1.165) is 5.56 Å². The molecule has 3 aromatic heterocycles. The van der Waals surface area contributed by atoms with Gasteiger partial charge >= 0.3 is 0 Å². The summed E-state index contributed by atoms with van der Waals surface area (Å²) in [5.41, 5.74) is 2.94. The predicted molar refractivity (Wildman–Crippen MR) is 135 cm³/mol. The number of aromatic nitrogens is 6. The number of aromatic amines is 1. The number of nitrogens with one attached hydrogen (secondary N) is 1. The number of piperazine rings is 1. The number of amides is 2. The lowest BCUT2D eigenvalue weighted by Gasteiger charge is -2.46. The Bertz CT molecular complexity index is 1490. The molecule has 37 heavy (non-hydrogen) atoms. The average Bonchev–Trinajstić information content (AvgIpc) is 3.54.